The minimum absolute atomic E-state index is 0.123. The molecule has 2 fully saturated rings. The lowest BCUT2D eigenvalue weighted by Gasteiger charge is -2.30. The van der Waals surface area contributed by atoms with Crippen molar-refractivity contribution >= 4 is 5.97 Å². The summed E-state index contributed by atoms with van der Waals surface area (Å²) in [6, 6.07) is 7.66. The molecule has 4 heteroatoms. The van der Waals surface area contributed by atoms with E-state index in [2.05, 4.69) is 0 Å². The van der Waals surface area contributed by atoms with Gasteiger partial charge in [-0.3, -0.25) is 4.79 Å². The molecule has 2 atom stereocenters. The summed E-state index contributed by atoms with van der Waals surface area (Å²) in [6.07, 6.45) is 3.22. The molecule has 1 saturated heterocycles. The molecule has 0 aromatic heterocycles. The molecule has 1 N–H and O–H groups in total. The molecule has 0 radical (unpaired) electrons. The van der Waals surface area contributed by atoms with E-state index in [1.807, 2.05) is 24.3 Å². The zero-order valence-corrected chi connectivity index (χ0v) is 11.7. The average Bonchev–Trinajstić information content (AvgIpc) is 3.21. The summed E-state index contributed by atoms with van der Waals surface area (Å²) in [5.74, 6) is 0.508. The molecular weight excluding hydrogens is 256 g/mol. The molecule has 1 aromatic rings. The molecule has 0 spiro atoms. The van der Waals surface area contributed by atoms with E-state index in [1.165, 1.54) is 0 Å². The second kappa shape index (κ2) is 5.09. The topological polar surface area (TPSA) is 55.8 Å². The maximum Gasteiger partial charge on any atom is 0.312 e. The lowest BCUT2D eigenvalue weighted by atomic mass is 9.74. The van der Waals surface area contributed by atoms with E-state index in [4.69, 9.17) is 9.47 Å². The van der Waals surface area contributed by atoms with Crippen molar-refractivity contribution in [2.75, 3.05) is 13.7 Å². The van der Waals surface area contributed by atoms with Gasteiger partial charge in [-0.2, -0.15) is 0 Å². The van der Waals surface area contributed by atoms with Gasteiger partial charge in [-0.05, 0) is 49.3 Å². The van der Waals surface area contributed by atoms with Gasteiger partial charge in [0.2, 0.25) is 0 Å². The highest BCUT2D eigenvalue weighted by atomic mass is 16.5. The first kappa shape index (κ1) is 13.4. The Morgan fingerprint density at radius 1 is 1.40 bits per heavy atom. The number of aliphatic carboxylic acids is 1. The molecule has 1 aliphatic heterocycles. The summed E-state index contributed by atoms with van der Waals surface area (Å²) < 4.78 is 10.9. The van der Waals surface area contributed by atoms with Crippen molar-refractivity contribution in [1.82, 2.24) is 0 Å². The zero-order valence-electron chi connectivity index (χ0n) is 11.7. The Morgan fingerprint density at radius 3 is 2.65 bits per heavy atom. The van der Waals surface area contributed by atoms with Gasteiger partial charge in [0.15, 0.2) is 0 Å². The zero-order chi connectivity index (χ0) is 14.2. The normalized spacial score (nSPS) is 29.4. The number of benzene rings is 1. The number of carboxylic acids is 1. The minimum atomic E-state index is -0.754. The van der Waals surface area contributed by atoms with E-state index in [0.29, 0.717) is 25.4 Å². The summed E-state index contributed by atoms with van der Waals surface area (Å²) in [7, 11) is 1.63. The molecule has 0 amide bonds. The van der Waals surface area contributed by atoms with Crippen molar-refractivity contribution in [3.63, 3.8) is 0 Å². The minimum Gasteiger partial charge on any atom is -0.497 e. The standard InChI is InChI=1S/C16H20O4/c1-19-13-6-2-11(3-7-13)10-16(15(17)18)8-9-20-14(16)12-4-5-12/h2-3,6-7,12,14H,4-5,8-10H2,1H3,(H,17,18). The van der Waals surface area contributed by atoms with Crippen LogP contribution in [-0.2, 0) is 16.0 Å². The smallest absolute Gasteiger partial charge is 0.312 e. The molecule has 2 unspecified atom stereocenters. The Balaban J connectivity index is 1.84. The number of hydrogen-bond acceptors (Lipinski definition) is 3. The van der Waals surface area contributed by atoms with Gasteiger partial charge >= 0.3 is 5.97 Å². The van der Waals surface area contributed by atoms with E-state index in [9.17, 15) is 9.90 Å². The van der Waals surface area contributed by atoms with E-state index < -0.39 is 11.4 Å². The monoisotopic (exact) mass is 276 g/mol. The van der Waals surface area contributed by atoms with Crippen molar-refractivity contribution in [1.29, 1.82) is 0 Å². The first-order chi connectivity index (χ1) is 9.65. The van der Waals surface area contributed by atoms with Crippen LogP contribution in [0.25, 0.3) is 0 Å². The Morgan fingerprint density at radius 2 is 2.10 bits per heavy atom. The number of carboxylic acid groups (broad SMARTS) is 1. The van der Waals surface area contributed by atoms with Crippen LogP contribution in [0.2, 0.25) is 0 Å². The van der Waals surface area contributed by atoms with Crippen molar-refractivity contribution in [2.24, 2.45) is 11.3 Å². The summed E-state index contributed by atoms with van der Waals surface area (Å²) in [5, 5.41) is 9.77. The highest BCUT2D eigenvalue weighted by molar-refractivity contribution is 5.76. The van der Waals surface area contributed by atoms with Crippen molar-refractivity contribution in [3.05, 3.63) is 29.8 Å². The van der Waals surface area contributed by atoms with Gasteiger partial charge in [-0.1, -0.05) is 12.1 Å². The highest BCUT2D eigenvalue weighted by Gasteiger charge is 2.55. The summed E-state index contributed by atoms with van der Waals surface area (Å²) >= 11 is 0. The average molecular weight is 276 g/mol. The summed E-state index contributed by atoms with van der Waals surface area (Å²) in [5.41, 5.74) is 0.278. The molecule has 20 heavy (non-hydrogen) atoms. The molecule has 2 aliphatic rings. The third kappa shape index (κ3) is 2.29. The molecule has 108 valence electrons. The first-order valence-corrected chi connectivity index (χ1v) is 7.14. The summed E-state index contributed by atoms with van der Waals surface area (Å²) in [4.78, 5) is 11.9. The van der Waals surface area contributed by atoms with Crippen LogP contribution in [0, 0.1) is 11.3 Å². The Hall–Kier alpha value is -1.55. The molecule has 3 rings (SSSR count). The van der Waals surface area contributed by atoms with Crippen LogP contribution in [0.3, 0.4) is 0 Å². The Kier molecular flexibility index (Phi) is 3.42. The molecule has 4 nitrogen and oxygen atoms in total. The van der Waals surface area contributed by atoms with Crippen LogP contribution < -0.4 is 4.74 Å². The van der Waals surface area contributed by atoms with Crippen LogP contribution in [-0.4, -0.2) is 30.9 Å². The van der Waals surface area contributed by atoms with Gasteiger partial charge in [0, 0.05) is 6.61 Å². The number of hydrogen-bond donors (Lipinski definition) is 1. The van der Waals surface area contributed by atoms with E-state index in [1.54, 1.807) is 7.11 Å². The third-order valence-electron chi connectivity index (χ3n) is 4.54. The van der Waals surface area contributed by atoms with Gasteiger partial charge in [0.05, 0.1) is 13.2 Å². The Labute approximate surface area is 118 Å². The van der Waals surface area contributed by atoms with Crippen molar-refractivity contribution in [2.45, 2.75) is 31.8 Å². The van der Waals surface area contributed by atoms with Crippen LogP contribution in [0.15, 0.2) is 24.3 Å². The van der Waals surface area contributed by atoms with E-state index in [0.717, 1.165) is 24.2 Å². The maximum atomic E-state index is 11.9. The number of ether oxygens (including phenoxy) is 2. The first-order valence-electron chi connectivity index (χ1n) is 7.14. The lowest BCUT2D eigenvalue weighted by molar-refractivity contribution is -0.153. The predicted octanol–water partition coefficient (Wildman–Crippen LogP) is 2.51. The molecule has 1 saturated carbocycles. The molecule has 1 aromatic carbocycles. The van der Waals surface area contributed by atoms with Gasteiger partial charge < -0.3 is 14.6 Å². The van der Waals surface area contributed by atoms with E-state index >= 15 is 0 Å². The van der Waals surface area contributed by atoms with Gasteiger partial charge in [-0.25, -0.2) is 0 Å². The van der Waals surface area contributed by atoms with Gasteiger partial charge in [0.25, 0.3) is 0 Å². The fourth-order valence-corrected chi connectivity index (χ4v) is 3.26. The largest absolute Gasteiger partial charge is 0.497 e. The maximum absolute atomic E-state index is 11.9. The number of methoxy groups -OCH3 is 1. The van der Waals surface area contributed by atoms with Crippen molar-refractivity contribution < 1.29 is 19.4 Å². The quantitative estimate of drug-likeness (QED) is 0.897. The Bertz CT molecular complexity index is 492. The van der Waals surface area contributed by atoms with Crippen LogP contribution >= 0.6 is 0 Å². The van der Waals surface area contributed by atoms with Crippen LogP contribution in [0.1, 0.15) is 24.8 Å². The molecule has 1 heterocycles. The predicted molar refractivity (Wildman–Crippen MR) is 73.8 cm³/mol. The molecule has 1 aliphatic carbocycles. The summed E-state index contributed by atoms with van der Waals surface area (Å²) in [6.45, 7) is 0.559. The van der Waals surface area contributed by atoms with Crippen LogP contribution in [0.5, 0.6) is 5.75 Å². The van der Waals surface area contributed by atoms with Gasteiger partial charge in [-0.15, -0.1) is 0 Å². The van der Waals surface area contributed by atoms with Crippen molar-refractivity contribution in [3.8, 4) is 5.75 Å². The highest BCUT2D eigenvalue weighted by Crippen LogP contribution is 2.49. The SMILES string of the molecule is COc1ccc(CC2(C(=O)O)CCOC2C2CC2)cc1. The lowest BCUT2D eigenvalue weighted by Crippen LogP contribution is -2.42. The second-order valence-electron chi connectivity index (χ2n) is 5.86. The molecule has 0 bridgehead atoms. The number of carbonyl (C=O) groups is 1. The fourth-order valence-electron chi connectivity index (χ4n) is 3.26. The van der Waals surface area contributed by atoms with E-state index in [-0.39, 0.29) is 6.10 Å². The van der Waals surface area contributed by atoms with Crippen LogP contribution in [0.4, 0.5) is 0 Å². The van der Waals surface area contributed by atoms with Gasteiger partial charge in [0.1, 0.15) is 11.2 Å². The second-order valence-corrected chi connectivity index (χ2v) is 5.86. The number of rotatable bonds is 5. The third-order valence-corrected chi connectivity index (χ3v) is 4.54. The fraction of sp³-hybridized carbons (Fsp3) is 0.562. The molecular formula is C16H20O4.